The van der Waals surface area contributed by atoms with Crippen LogP contribution in [0.25, 0.3) is 0 Å². The highest BCUT2D eigenvalue weighted by Crippen LogP contribution is 2.16. The lowest BCUT2D eigenvalue weighted by Crippen LogP contribution is -2.27. The van der Waals surface area contributed by atoms with Gasteiger partial charge in [0.1, 0.15) is 5.75 Å². The SMILES string of the molecule is COCCNC(=O)c1cccc(NC(=O)c2ccc(OC(C)C)cc2)c1. The first-order valence-corrected chi connectivity index (χ1v) is 8.45. The molecule has 0 saturated heterocycles. The predicted molar refractivity (Wildman–Crippen MR) is 101 cm³/mol. The maximum Gasteiger partial charge on any atom is 0.255 e. The molecule has 0 aliphatic rings. The molecule has 0 unspecified atom stereocenters. The van der Waals surface area contributed by atoms with E-state index in [2.05, 4.69) is 10.6 Å². The van der Waals surface area contributed by atoms with Gasteiger partial charge in [-0.2, -0.15) is 0 Å². The van der Waals surface area contributed by atoms with Gasteiger partial charge in [-0.1, -0.05) is 6.07 Å². The van der Waals surface area contributed by atoms with Gasteiger partial charge in [-0.3, -0.25) is 9.59 Å². The molecule has 0 fully saturated rings. The Morgan fingerprint density at radius 2 is 1.73 bits per heavy atom. The molecule has 138 valence electrons. The van der Waals surface area contributed by atoms with Crippen molar-refractivity contribution in [1.82, 2.24) is 5.32 Å². The fraction of sp³-hybridized carbons (Fsp3) is 0.300. The van der Waals surface area contributed by atoms with Crippen LogP contribution in [0.3, 0.4) is 0 Å². The third-order valence-electron chi connectivity index (χ3n) is 3.46. The molecule has 6 nitrogen and oxygen atoms in total. The van der Waals surface area contributed by atoms with Gasteiger partial charge in [-0.25, -0.2) is 0 Å². The highest BCUT2D eigenvalue weighted by atomic mass is 16.5. The zero-order valence-corrected chi connectivity index (χ0v) is 15.2. The molecule has 0 heterocycles. The van der Waals surface area contributed by atoms with Gasteiger partial charge < -0.3 is 20.1 Å². The summed E-state index contributed by atoms with van der Waals surface area (Å²) in [5.74, 6) is 0.248. The number of anilines is 1. The Morgan fingerprint density at radius 1 is 1.00 bits per heavy atom. The molecule has 0 aliphatic heterocycles. The zero-order chi connectivity index (χ0) is 18.9. The molecule has 6 heteroatoms. The first-order valence-electron chi connectivity index (χ1n) is 8.45. The molecule has 0 atom stereocenters. The van der Waals surface area contributed by atoms with Crippen LogP contribution in [0.15, 0.2) is 48.5 Å². The van der Waals surface area contributed by atoms with Gasteiger partial charge in [0.05, 0.1) is 12.7 Å². The number of nitrogens with one attached hydrogen (secondary N) is 2. The van der Waals surface area contributed by atoms with Crippen LogP contribution in [-0.2, 0) is 4.74 Å². The second kappa shape index (κ2) is 9.58. The number of rotatable bonds is 8. The highest BCUT2D eigenvalue weighted by Gasteiger charge is 2.09. The largest absolute Gasteiger partial charge is 0.491 e. The van der Waals surface area contributed by atoms with Crippen LogP contribution >= 0.6 is 0 Å². The lowest BCUT2D eigenvalue weighted by atomic mass is 10.1. The Hall–Kier alpha value is -2.86. The quantitative estimate of drug-likeness (QED) is 0.713. The molecule has 2 aromatic rings. The molecule has 2 N–H and O–H groups in total. The Bertz CT molecular complexity index is 742. The smallest absolute Gasteiger partial charge is 0.255 e. The average molecular weight is 356 g/mol. The number of ether oxygens (including phenoxy) is 2. The summed E-state index contributed by atoms with van der Waals surface area (Å²) >= 11 is 0. The summed E-state index contributed by atoms with van der Waals surface area (Å²) in [6.07, 6.45) is 0.0763. The fourth-order valence-electron chi connectivity index (χ4n) is 2.27. The number of hydrogen-bond donors (Lipinski definition) is 2. The molecule has 0 radical (unpaired) electrons. The van der Waals surface area contributed by atoms with Crippen LogP contribution in [0.5, 0.6) is 5.75 Å². The second-order valence-electron chi connectivity index (χ2n) is 5.97. The third-order valence-corrected chi connectivity index (χ3v) is 3.46. The fourth-order valence-corrected chi connectivity index (χ4v) is 2.27. The van der Waals surface area contributed by atoms with Crippen molar-refractivity contribution in [2.24, 2.45) is 0 Å². The second-order valence-corrected chi connectivity index (χ2v) is 5.97. The molecule has 0 bridgehead atoms. The van der Waals surface area contributed by atoms with Crippen LogP contribution in [0.2, 0.25) is 0 Å². The van der Waals surface area contributed by atoms with Gasteiger partial charge in [-0.15, -0.1) is 0 Å². The molecule has 26 heavy (non-hydrogen) atoms. The molecular weight excluding hydrogens is 332 g/mol. The van der Waals surface area contributed by atoms with Crippen molar-refractivity contribution in [3.8, 4) is 5.75 Å². The van der Waals surface area contributed by atoms with E-state index in [1.54, 1.807) is 55.6 Å². The van der Waals surface area contributed by atoms with Gasteiger partial charge in [0.2, 0.25) is 0 Å². The molecule has 0 aliphatic carbocycles. The highest BCUT2D eigenvalue weighted by molar-refractivity contribution is 6.05. The Kier molecular flexibility index (Phi) is 7.17. The summed E-state index contributed by atoms with van der Waals surface area (Å²) in [4.78, 5) is 24.4. The summed E-state index contributed by atoms with van der Waals surface area (Å²) < 4.78 is 10.5. The molecule has 2 amide bonds. The molecule has 0 aromatic heterocycles. The van der Waals surface area contributed by atoms with Crippen LogP contribution < -0.4 is 15.4 Å². The number of hydrogen-bond acceptors (Lipinski definition) is 4. The van der Waals surface area contributed by atoms with Gasteiger partial charge in [0.15, 0.2) is 0 Å². The monoisotopic (exact) mass is 356 g/mol. The van der Waals surface area contributed by atoms with Crippen molar-refractivity contribution in [2.45, 2.75) is 20.0 Å². The summed E-state index contributed by atoms with van der Waals surface area (Å²) in [7, 11) is 1.57. The first kappa shape index (κ1) is 19.5. The van der Waals surface area contributed by atoms with Crippen molar-refractivity contribution in [3.05, 3.63) is 59.7 Å². The maximum absolute atomic E-state index is 12.4. The average Bonchev–Trinajstić information content (AvgIpc) is 2.62. The minimum atomic E-state index is -0.252. The standard InChI is InChI=1S/C20H24N2O4/c1-14(2)26-18-9-7-15(8-10-18)20(24)22-17-6-4-5-16(13-17)19(23)21-11-12-25-3/h4-10,13-14H,11-12H2,1-3H3,(H,21,23)(H,22,24). The van der Waals surface area contributed by atoms with E-state index in [4.69, 9.17) is 9.47 Å². The van der Waals surface area contributed by atoms with Crippen LogP contribution in [0.4, 0.5) is 5.69 Å². The van der Waals surface area contributed by atoms with Gasteiger partial charge >= 0.3 is 0 Å². The minimum Gasteiger partial charge on any atom is -0.491 e. The van der Waals surface area contributed by atoms with Gasteiger partial charge in [-0.05, 0) is 56.3 Å². The van der Waals surface area contributed by atoms with E-state index in [-0.39, 0.29) is 17.9 Å². The molecule has 2 rings (SSSR count). The summed E-state index contributed by atoms with van der Waals surface area (Å²) in [6, 6.07) is 13.7. The summed E-state index contributed by atoms with van der Waals surface area (Å²) in [5.41, 5.74) is 1.53. The van der Waals surface area contributed by atoms with E-state index >= 15 is 0 Å². The van der Waals surface area contributed by atoms with E-state index in [9.17, 15) is 9.59 Å². The van der Waals surface area contributed by atoms with E-state index in [0.717, 1.165) is 0 Å². The van der Waals surface area contributed by atoms with Crippen LogP contribution in [0, 0.1) is 0 Å². The Morgan fingerprint density at radius 3 is 2.38 bits per heavy atom. The van der Waals surface area contributed by atoms with E-state index in [1.807, 2.05) is 13.8 Å². The zero-order valence-electron chi connectivity index (χ0n) is 15.2. The first-order chi connectivity index (χ1) is 12.5. The number of carbonyl (C=O) groups is 2. The number of methoxy groups -OCH3 is 1. The van der Waals surface area contributed by atoms with Crippen molar-refractivity contribution >= 4 is 17.5 Å². The summed E-state index contributed by atoms with van der Waals surface area (Å²) in [6.45, 7) is 4.76. The lowest BCUT2D eigenvalue weighted by molar-refractivity contribution is 0.0936. The number of carbonyl (C=O) groups excluding carboxylic acids is 2. The topological polar surface area (TPSA) is 76.7 Å². The van der Waals surface area contributed by atoms with Crippen molar-refractivity contribution < 1.29 is 19.1 Å². The van der Waals surface area contributed by atoms with E-state index < -0.39 is 0 Å². The van der Waals surface area contributed by atoms with E-state index in [0.29, 0.717) is 35.7 Å². The normalized spacial score (nSPS) is 10.5. The van der Waals surface area contributed by atoms with Crippen molar-refractivity contribution in [1.29, 1.82) is 0 Å². The number of benzene rings is 2. The lowest BCUT2D eigenvalue weighted by Gasteiger charge is -2.11. The van der Waals surface area contributed by atoms with Crippen molar-refractivity contribution in [3.63, 3.8) is 0 Å². The van der Waals surface area contributed by atoms with Gasteiger partial charge in [0, 0.05) is 30.5 Å². The Balaban J connectivity index is 2.00. The predicted octanol–water partition coefficient (Wildman–Crippen LogP) is 3.10. The third kappa shape index (κ3) is 5.89. The molecule has 0 spiro atoms. The van der Waals surface area contributed by atoms with Gasteiger partial charge in [0.25, 0.3) is 11.8 Å². The molecule has 2 aromatic carbocycles. The number of amides is 2. The Labute approximate surface area is 153 Å². The van der Waals surface area contributed by atoms with Crippen LogP contribution in [0.1, 0.15) is 34.6 Å². The summed E-state index contributed by atoms with van der Waals surface area (Å²) in [5, 5.41) is 5.54. The maximum atomic E-state index is 12.4. The minimum absolute atomic E-state index is 0.0763. The molecular formula is C20H24N2O4. The van der Waals surface area contributed by atoms with E-state index in [1.165, 1.54) is 0 Å². The molecule has 0 saturated carbocycles. The van der Waals surface area contributed by atoms with Crippen LogP contribution in [-0.4, -0.2) is 38.2 Å². The van der Waals surface area contributed by atoms with Crippen molar-refractivity contribution in [2.75, 3.05) is 25.6 Å².